The molecule has 3 nitrogen and oxygen atoms in total. The zero-order chi connectivity index (χ0) is 14.9. The average molecular weight is 295 g/mol. The van der Waals surface area contributed by atoms with Gasteiger partial charge in [0.15, 0.2) is 0 Å². The molecule has 0 aliphatic carbocycles. The zero-order valence-electron chi connectivity index (χ0n) is 11.4. The summed E-state index contributed by atoms with van der Waals surface area (Å²) >= 11 is 0. The van der Waals surface area contributed by atoms with Gasteiger partial charge in [-0.05, 0) is 24.6 Å². The molecule has 6 heteroatoms. The van der Waals surface area contributed by atoms with Gasteiger partial charge in [-0.3, -0.25) is 0 Å². The maximum Gasteiger partial charge on any atom is 0.416 e. The maximum atomic E-state index is 13.0. The zero-order valence-corrected chi connectivity index (χ0v) is 11.4. The van der Waals surface area contributed by atoms with Crippen molar-refractivity contribution in [3.8, 4) is 0 Å². The molecule has 1 atom stereocenters. The Kier molecular flexibility index (Phi) is 3.71. The van der Waals surface area contributed by atoms with Crippen molar-refractivity contribution in [1.29, 1.82) is 0 Å². The predicted octanol–water partition coefficient (Wildman–Crippen LogP) is 3.03. The molecule has 0 saturated carbocycles. The molecule has 2 aromatic rings. The van der Waals surface area contributed by atoms with Gasteiger partial charge >= 0.3 is 6.18 Å². The van der Waals surface area contributed by atoms with Crippen LogP contribution in [0.1, 0.15) is 29.2 Å². The van der Waals surface area contributed by atoms with Gasteiger partial charge in [0, 0.05) is 30.9 Å². The van der Waals surface area contributed by atoms with Crippen molar-refractivity contribution >= 4 is 0 Å². The Morgan fingerprint density at radius 1 is 1.29 bits per heavy atom. The molecule has 21 heavy (non-hydrogen) atoms. The molecule has 2 heterocycles. The predicted molar refractivity (Wildman–Crippen MR) is 73.0 cm³/mol. The van der Waals surface area contributed by atoms with E-state index in [2.05, 4.69) is 10.3 Å². The van der Waals surface area contributed by atoms with Crippen molar-refractivity contribution in [2.75, 3.05) is 13.1 Å². The molecule has 1 saturated heterocycles. The summed E-state index contributed by atoms with van der Waals surface area (Å²) in [6.07, 6.45) is 0.0353. The lowest BCUT2D eigenvalue weighted by molar-refractivity contribution is -0.138. The van der Waals surface area contributed by atoms with E-state index in [1.165, 1.54) is 12.1 Å². The van der Waals surface area contributed by atoms with Crippen LogP contribution in [-0.4, -0.2) is 22.6 Å². The summed E-state index contributed by atoms with van der Waals surface area (Å²) in [4.78, 5) is 4.11. The van der Waals surface area contributed by atoms with Crippen LogP contribution in [0.15, 0.2) is 36.8 Å². The summed E-state index contributed by atoms with van der Waals surface area (Å²) in [6.45, 7) is 1.99. The molecule has 1 aliphatic rings. The Bertz CT molecular complexity index is 613. The number of aromatic nitrogens is 2. The fourth-order valence-electron chi connectivity index (χ4n) is 2.83. The minimum Gasteiger partial charge on any atom is -0.330 e. The Hall–Kier alpha value is -1.82. The van der Waals surface area contributed by atoms with Gasteiger partial charge in [-0.25, -0.2) is 4.98 Å². The Morgan fingerprint density at radius 2 is 2.10 bits per heavy atom. The summed E-state index contributed by atoms with van der Waals surface area (Å²) in [6, 6.07) is 5.71. The third-order valence-electron chi connectivity index (χ3n) is 3.89. The topological polar surface area (TPSA) is 29.9 Å². The summed E-state index contributed by atoms with van der Waals surface area (Å²) in [5, 5.41) is 3.27. The number of halogens is 3. The number of hydrogen-bond donors (Lipinski definition) is 1. The second kappa shape index (κ2) is 5.52. The van der Waals surface area contributed by atoms with E-state index in [1.807, 2.05) is 4.57 Å². The van der Waals surface area contributed by atoms with E-state index in [9.17, 15) is 13.2 Å². The molecule has 0 bridgehead atoms. The molecule has 112 valence electrons. The highest BCUT2D eigenvalue weighted by molar-refractivity contribution is 5.30. The molecule has 3 rings (SSSR count). The third kappa shape index (κ3) is 2.95. The minimum absolute atomic E-state index is 0.196. The largest absolute Gasteiger partial charge is 0.416 e. The first-order valence-corrected chi connectivity index (χ1v) is 6.91. The van der Waals surface area contributed by atoms with Gasteiger partial charge in [0.05, 0.1) is 11.9 Å². The van der Waals surface area contributed by atoms with Gasteiger partial charge in [0.1, 0.15) is 0 Å². The lowest BCUT2D eigenvalue weighted by atomic mass is 10.0. The van der Waals surface area contributed by atoms with Gasteiger partial charge in [-0.1, -0.05) is 18.2 Å². The summed E-state index contributed by atoms with van der Waals surface area (Å²) < 4.78 is 41.0. The van der Waals surface area contributed by atoms with Crippen molar-refractivity contribution in [2.24, 2.45) is 0 Å². The fraction of sp³-hybridized carbons (Fsp3) is 0.400. The Morgan fingerprint density at radius 3 is 2.81 bits per heavy atom. The van der Waals surface area contributed by atoms with Crippen molar-refractivity contribution in [3.05, 3.63) is 53.6 Å². The van der Waals surface area contributed by atoms with Crippen LogP contribution in [0.25, 0.3) is 0 Å². The highest BCUT2D eigenvalue weighted by Crippen LogP contribution is 2.32. The van der Waals surface area contributed by atoms with E-state index in [4.69, 9.17) is 0 Å². The van der Waals surface area contributed by atoms with E-state index in [1.54, 1.807) is 18.6 Å². The number of nitrogens with one attached hydrogen (secondary N) is 1. The molecular formula is C15H16F3N3. The smallest absolute Gasteiger partial charge is 0.330 e. The Balaban J connectivity index is 1.90. The number of nitrogens with zero attached hydrogens (tertiary/aromatic N) is 2. The molecule has 0 amide bonds. The van der Waals surface area contributed by atoms with Crippen LogP contribution in [0.2, 0.25) is 0 Å². The summed E-state index contributed by atoms with van der Waals surface area (Å²) in [7, 11) is 0. The average Bonchev–Trinajstić information content (AvgIpc) is 3.08. The summed E-state index contributed by atoms with van der Waals surface area (Å²) in [5.41, 5.74) is 0.696. The van der Waals surface area contributed by atoms with Gasteiger partial charge in [0.25, 0.3) is 0 Å². The molecule has 0 radical (unpaired) electrons. The van der Waals surface area contributed by atoms with Crippen molar-refractivity contribution in [2.45, 2.75) is 25.1 Å². The first kappa shape index (κ1) is 14.1. The van der Waals surface area contributed by atoms with Crippen LogP contribution in [0.3, 0.4) is 0 Å². The Labute approximate surface area is 120 Å². The number of rotatable bonds is 3. The van der Waals surface area contributed by atoms with Crippen LogP contribution < -0.4 is 5.32 Å². The lowest BCUT2D eigenvalue weighted by Gasteiger charge is -2.16. The first-order valence-electron chi connectivity index (χ1n) is 6.91. The molecular weight excluding hydrogens is 279 g/mol. The first-order chi connectivity index (χ1) is 10.1. The molecule has 1 aromatic heterocycles. The normalized spacial score (nSPS) is 19.1. The van der Waals surface area contributed by atoms with E-state index >= 15 is 0 Å². The molecule has 1 aromatic carbocycles. The third-order valence-corrected chi connectivity index (χ3v) is 3.89. The second-order valence-corrected chi connectivity index (χ2v) is 5.29. The second-order valence-electron chi connectivity index (χ2n) is 5.29. The monoisotopic (exact) mass is 295 g/mol. The van der Waals surface area contributed by atoms with Gasteiger partial charge < -0.3 is 9.88 Å². The van der Waals surface area contributed by atoms with Crippen molar-refractivity contribution in [3.63, 3.8) is 0 Å². The fourth-order valence-corrected chi connectivity index (χ4v) is 2.83. The molecule has 1 N–H and O–H groups in total. The van der Waals surface area contributed by atoms with E-state index in [0.717, 1.165) is 31.3 Å². The maximum absolute atomic E-state index is 13.0. The molecule has 0 spiro atoms. The number of benzene rings is 1. The molecule has 1 fully saturated rings. The number of alkyl halides is 3. The van der Waals surface area contributed by atoms with E-state index in [-0.39, 0.29) is 12.1 Å². The van der Waals surface area contributed by atoms with Crippen LogP contribution >= 0.6 is 0 Å². The van der Waals surface area contributed by atoms with Gasteiger partial charge in [-0.15, -0.1) is 0 Å². The van der Waals surface area contributed by atoms with Gasteiger partial charge in [0.2, 0.25) is 0 Å². The number of hydrogen-bond acceptors (Lipinski definition) is 2. The van der Waals surface area contributed by atoms with Crippen molar-refractivity contribution < 1.29 is 13.2 Å². The van der Waals surface area contributed by atoms with Gasteiger partial charge in [-0.2, -0.15) is 13.2 Å². The quantitative estimate of drug-likeness (QED) is 0.943. The van der Waals surface area contributed by atoms with Crippen molar-refractivity contribution in [1.82, 2.24) is 14.9 Å². The number of imidazole rings is 1. The van der Waals surface area contributed by atoms with Crippen LogP contribution in [-0.2, 0) is 12.7 Å². The van der Waals surface area contributed by atoms with E-state index < -0.39 is 11.7 Å². The minimum atomic E-state index is -4.33. The van der Waals surface area contributed by atoms with Crippen LogP contribution in [0, 0.1) is 0 Å². The standard InChI is InChI=1S/C15H16F3N3/c16-15(17,18)13-4-2-1-3-12(13)9-21-10-20-8-14(21)11-5-6-19-7-11/h1-4,8,10-11,19H,5-7,9H2. The van der Waals surface area contributed by atoms with Crippen LogP contribution in [0.5, 0.6) is 0 Å². The molecule has 1 aliphatic heterocycles. The summed E-state index contributed by atoms with van der Waals surface area (Å²) in [5.74, 6) is 0.325. The highest BCUT2D eigenvalue weighted by atomic mass is 19.4. The van der Waals surface area contributed by atoms with Crippen LogP contribution in [0.4, 0.5) is 13.2 Å². The SMILES string of the molecule is FC(F)(F)c1ccccc1Cn1cncc1C1CCNC1. The van der Waals surface area contributed by atoms with E-state index in [0.29, 0.717) is 5.92 Å². The highest BCUT2D eigenvalue weighted by Gasteiger charge is 2.33. The lowest BCUT2D eigenvalue weighted by Crippen LogP contribution is -2.15. The molecule has 1 unspecified atom stereocenters.